The fourth-order valence-corrected chi connectivity index (χ4v) is 4.77. The van der Waals surface area contributed by atoms with Crippen LogP contribution in [-0.2, 0) is 29.0 Å². The molecule has 2 aromatic carbocycles. The van der Waals surface area contributed by atoms with Gasteiger partial charge in [-0.3, -0.25) is 0 Å². The van der Waals surface area contributed by atoms with Crippen LogP contribution in [-0.4, -0.2) is 19.4 Å². The minimum absolute atomic E-state index is 0.0231. The van der Waals surface area contributed by atoms with Gasteiger partial charge < -0.3 is 4.74 Å². The highest BCUT2D eigenvalue weighted by Crippen LogP contribution is 2.37. The summed E-state index contributed by atoms with van der Waals surface area (Å²) in [5, 5.41) is -0.405. The number of ether oxygens (including phenoxy) is 1. The lowest BCUT2D eigenvalue weighted by molar-refractivity contribution is -0.139. The molecule has 1 atom stereocenters. The maximum Gasteiger partial charge on any atom is 0.419 e. The number of para-hydroxylation sites is 1. The lowest BCUT2D eigenvalue weighted by Gasteiger charge is -2.16. The summed E-state index contributed by atoms with van der Waals surface area (Å²) in [6.07, 6.45) is -2.94. The molecule has 1 aliphatic carbocycles. The number of alkyl halides is 3. The van der Waals surface area contributed by atoms with Crippen molar-refractivity contribution in [1.82, 2.24) is 0 Å². The first-order valence-electron chi connectivity index (χ1n) is 9.20. The first-order valence-corrected chi connectivity index (χ1v) is 10.9. The van der Waals surface area contributed by atoms with Gasteiger partial charge in [-0.25, -0.2) is 8.42 Å². The van der Waals surface area contributed by atoms with Crippen molar-refractivity contribution in [2.75, 3.05) is 5.75 Å². The van der Waals surface area contributed by atoms with E-state index in [2.05, 4.69) is 0 Å². The summed E-state index contributed by atoms with van der Waals surface area (Å²) in [6, 6.07) is 10.7. The molecule has 0 radical (unpaired) electrons. The van der Waals surface area contributed by atoms with Crippen LogP contribution in [0, 0.1) is 0 Å². The van der Waals surface area contributed by atoms with E-state index in [9.17, 15) is 21.6 Å². The molecular weight excluding hydrogens is 389 g/mol. The third-order valence-corrected chi connectivity index (χ3v) is 7.45. The molecule has 0 aliphatic heterocycles. The van der Waals surface area contributed by atoms with Crippen molar-refractivity contribution in [3.05, 3.63) is 64.7 Å². The normalized spacial score (nSPS) is 17.0. The summed E-state index contributed by atoms with van der Waals surface area (Å²) in [6.45, 7) is 3.39. The third-order valence-electron chi connectivity index (χ3n) is 5.15. The highest BCUT2D eigenvalue weighted by Gasteiger charge is 2.34. The van der Waals surface area contributed by atoms with Crippen LogP contribution in [0.15, 0.2) is 42.5 Å². The molecule has 0 heterocycles. The molecule has 0 amide bonds. The molecule has 0 saturated heterocycles. The monoisotopic (exact) mass is 412 g/mol. The van der Waals surface area contributed by atoms with Crippen LogP contribution in [0.4, 0.5) is 13.2 Å². The Kier molecular flexibility index (Phi) is 5.75. The number of sulfone groups is 1. The molecule has 152 valence electrons. The molecular formula is C21H23F3O3S. The van der Waals surface area contributed by atoms with Crippen molar-refractivity contribution in [1.29, 1.82) is 0 Å². The molecule has 1 aliphatic rings. The number of hydrogen-bond acceptors (Lipinski definition) is 3. The van der Waals surface area contributed by atoms with Gasteiger partial charge in [0.05, 0.1) is 16.6 Å². The number of hydrogen-bond donors (Lipinski definition) is 0. The van der Waals surface area contributed by atoms with Gasteiger partial charge in [0.15, 0.2) is 9.84 Å². The van der Waals surface area contributed by atoms with Crippen molar-refractivity contribution in [3.8, 4) is 5.75 Å². The molecule has 3 nitrogen and oxygen atoms in total. The molecule has 0 spiro atoms. The predicted octanol–water partition coefficient (Wildman–Crippen LogP) is 5.14. The fraction of sp³-hybridized carbons (Fsp3) is 0.429. The zero-order valence-electron chi connectivity index (χ0n) is 15.8. The largest absolute Gasteiger partial charge is 0.488 e. The van der Waals surface area contributed by atoms with Crippen molar-refractivity contribution >= 4 is 9.84 Å². The van der Waals surface area contributed by atoms with Gasteiger partial charge in [0.2, 0.25) is 0 Å². The Morgan fingerprint density at radius 3 is 2.54 bits per heavy atom. The van der Waals surface area contributed by atoms with Gasteiger partial charge in [-0.2, -0.15) is 13.2 Å². The van der Waals surface area contributed by atoms with E-state index in [4.69, 9.17) is 4.74 Å². The van der Waals surface area contributed by atoms with Crippen LogP contribution in [0.5, 0.6) is 5.75 Å². The average molecular weight is 412 g/mol. The van der Waals surface area contributed by atoms with Crippen LogP contribution in [0.2, 0.25) is 0 Å². The van der Waals surface area contributed by atoms with Crippen LogP contribution in [0.3, 0.4) is 0 Å². The number of fused-ring (bicyclic) bond motifs is 1. The van der Waals surface area contributed by atoms with Gasteiger partial charge in [-0.1, -0.05) is 30.3 Å². The van der Waals surface area contributed by atoms with Crippen molar-refractivity contribution in [2.45, 2.75) is 50.6 Å². The molecule has 7 heteroatoms. The first-order chi connectivity index (χ1) is 13.1. The van der Waals surface area contributed by atoms with Crippen LogP contribution < -0.4 is 4.74 Å². The van der Waals surface area contributed by atoms with E-state index in [1.165, 1.54) is 18.2 Å². The van der Waals surface area contributed by atoms with Gasteiger partial charge in [-0.15, -0.1) is 0 Å². The summed E-state index contributed by atoms with van der Waals surface area (Å²) in [7, 11) is -3.13. The molecule has 0 fully saturated rings. The smallest absolute Gasteiger partial charge is 0.419 e. The summed E-state index contributed by atoms with van der Waals surface area (Å²) in [5.74, 6) is -0.0911. The molecule has 0 bridgehead atoms. The minimum atomic E-state index is -4.47. The summed E-state index contributed by atoms with van der Waals surface area (Å²) in [5.41, 5.74) is 2.04. The third kappa shape index (κ3) is 4.51. The van der Waals surface area contributed by atoms with Crippen LogP contribution >= 0.6 is 0 Å². The Bertz CT molecular complexity index is 950. The SMILES string of the molecule is CC(C)S(=O)(=O)CC1CCc2cc(COc3ccccc3C(F)(F)F)ccc21. The number of rotatable bonds is 6. The molecule has 0 saturated carbocycles. The minimum Gasteiger partial charge on any atom is -0.488 e. The standard InChI is InChI=1S/C21H23F3O3S/c1-14(2)28(25,26)13-17-9-8-16-11-15(7-10-18(16)17)12-27-20-6-4-3-5-19(20)21(22,23)24/h3-7,10-11,14,17H,8-9,12-13H2,1-2H3. The topological polar surface area (TPSA) is 43.4 Å². The Labute approximate surface area is 163 Å². The lowest BCUT2D eigenvalue weighted by atomic mass is 10.0. The second-order valence-electron chi connectivity index (χ2n) is 7.43. The van der Waals surface area contributed by atoms with E-state index >= 15 is 0 Å². The van der Waals surface area contributed by atoms with Gasteiger partial charge in [-0.05, 0) is 61.4 Å². The van der Waals surface area contributed by atoms with Crippen molar-refractivity contribution < 1.29 is 26.3 Å². The van der Waals surface area contributed by atoms with Gasteiger partial charge in [0.1, 0.15) is 12.4 Å². The summed E-state index contributed by atoms with van der Waals surface area (Å²) in [4.78, 5) is 0. The summed E-state index contributed by atoms with van der Waals surface area (Å²) >= 11 is 0. The van der Waals surface area contributed by atoms with E-state index < -0.39 is 26.8 Å². The molecule has 2 aromatic rings. The van der Waals surface area contributed by atoms with E-state index in [0.717, 1.165) is 35.6 Å². The van der Waals surface area contributed by atoms with Gasteiger partial charge in [0.25, 0.3) is 0 Å². The lowest BCUT2D eigenvalue weighted by Crippen LogP contribution is -2.21. The number of halogens is 3. The quantitative estimate of drug-likeness (QED) is 0.660. The predicted molar refractivity (Wildman–Crippen MR) is 102 cm³/mol. The van der Waals surface area contributed by atoms with E-state index in [1.807, 2.05) is 12.1 Å². The Hall–Kier alpha value is -2.02. The zero-order valence-corrected chi connectivity index (χ0v) is 16.6. The highest BCUT2D eigenvalue weighted by atomic mass is 32.2. The molecule has 28 heavy (non-hydrogen) atoms. The van der Waals surface area contributed by atoms with Gasteiger partial charge in [0, 0.05) is 0 Å². The molecule has 3 rings (SSSR count). The fourth-order valence-electron chi connectivity index (χ4n) is 3.48. The summed E-state index contributed by atoms with van der Waals surface area (Å²) < 4.78 is 69.1. The molecule has 0 aromatic heterocycles. The van der Waals surface area contributed by atoms with E-state index in [-0.39, 0.29) is 24.0 Å². The number of aryl methyl sites for hydroxylation is 1. The zero-order chi connectivity index (χ0) is 20.5. The van der Waals surface area contributed by atoms with E-state index in [0.29, 0.717) is 0 Å². The Morgan fingerprint density at radius 2 is 1.86 bits per heavy atom. The Morgan fingerprint density at radius 1 is 1.14 bits per heavy atom. The van der Waals surface area contributed by atoms with Crippen LogP contribution in [0.25, 0.3) is 0 Å². The highest BCUT2D eigenvalue weighted by molar-refractivity contribution is 7.92. The second kappa shape index (κ2) is 7.78. The Balaban J connectivity index is 1.73. The van der Waals surface area contributed by atoms with Crippen molar-refractivity contribution in [2.24, 2.45) is 0 Å². The molecule has 0 N–H and O–H groups in total. The molecule has 1 unspecified atom stereocenters. The average Bonchev–Trinajstić information content (AvgIpc) is 3.01. The maximum absolute atomic E-state index is 13.1. The number of benzene rings is 2. The first kappa shape index (κ1) is 20.7. The van der Waals surface area contributed by atoms with Crippen LogP contribution in [0.1, 0.15) is 48.4 Å². The van der Waals surface area contributed by atoms with E-state index in [1.54, 1.807) is 19.9 Å². The van der Waals surface area contributed by atoms with Crippen molar-refractivity contribution in [3.63, 3.8) is 0 Å². The second-order valence-corrected chi connectivity index (χ2v) is 10.0. The van der Waals surface area contributed by atoms with Gasteiger partial charge >= 0.3 is 6.18 Å². The maximum atomic E-state index is 13.1.